The maximum Gasteiger partial charge on any atom is 0.419 e. The molecule has 0 fully saturated rings. The molecule has 0 radical (unpaired) electrons. The zero-order valence-electron chi connectivity index (χ0n) is 14.4. The molecule has 0 bridgehead atoms. The fraction of sp³-hybridized carbons (Fsp3) is 0.529. The van der Waals surface area contributed by atoms with Crippen LogP contribution in [0.15, 0.2) is 27.4 Å². The summed E-state index contributed by atoms with van der Waals surface area (Å²) in [6.07, 6.45) is 2.98. The van der Waals surface area contributed by atoms with Gasteiger partial charge in [0.2, 0.25) is 0 Å². The SMILES string of the molecule is CCCC(O)(CCC)CNC(=O)Nc1ccc2c(c1)oc(=O)n2C. The molecule has 1 aromatic carbocycles. The number of rotatable bonds is 7. The van der Waals surface area contributed by atoms with Crippen molar-refractivity contribution in [3.63, 3.8) is 0 Å². The van der Waals surface area contributed by atoms with Gasteiger partial charge in [-0.3, -0.25) is 4.57 Å². The highest BCUT2D eigenvalue weighted by molar-refractivity contribution is 5.91. The fourth-order valence-corrected chi connectivity index (χ4v) is 2.86. The van der Waals surface area contributed by atoms with Crippen LogP contribution in [0, 0.1) is 0 Å². The highest BCUT2D eigenvalue weighted by atomic mass is 16.4. The van der Waals surface area contributed by atoms with E-state index in [1.165, 1.54) is 4.57 Å². The number of oxazole rings is 1. The number of aromatic nitrogens is 1. The highest BCUT2D eigenvalue weighted by Gasteiger charge is 2.25. The van der Waals surface area contributed by atoms with Crippen molar-refractivity contribution in [3.8, 4) is 0 Å². The van der Waals surface area contributed by atoms with E-state index < -0.39 is 17.4 Å². The number of carbonyl (C=O) groups is 1. The van der Waals surface area contributed by atoms with E-state index in [-0.39, 0.29) is 6.54 Å². The Labute approximate surface area is 140 Å². The Morgan fingerprint density at radius 2 is 1.96 bits per heavy atom. The quantitative estimate of drug-likeness (QED) is 0.724. The Morgan fingerprint density at radius 1 is 1.29 bits per heavy atom. The molecule has 0 aliphatic heterocycles. The number of urea groups is 1. The van der Waals surface area contributed by atoms with Crippen molar-refractivity contribution in [1.82, 2.24) is 9.88 Å². The third kappa shape index (κ3) is 4.17. The Morgan fingerprint density at radius 3 is 2.58 bits per heavy atom. The third-order valence-corrected chi connectivity index (χ3v) is 4.06. The summed E-state index contributed by atoms with van der Waals surface area (Å²) in [5.74, 6) is -0.448. The lowest BCUT2D eigenvalue weighted by Crippen LogP contribution is -2.44. The van der Waals surface area contributed by atoms with Gasteiger partial charge in [-0.1, -0.05) is 26.7 Å². The van der Waals surface area contributed by atoms with Gasteiger partial charge in [0.1, 0.15) is 0 Å². The first-order valence-corrected chi connectivity index (χ1v) is 8.25. The van der Waals surface area contributed by atoms with E-state index in [2.05, 4.69) is 10.6 Å². The molecule has 2 rings (SSSR count). The summed E-state index contributed by atoms with van der Waals surface area (Å²) in [4.78, 5) is 23.5. The molecule has 0 spiro atoms. The molecule has 0 aliphatic carbocycles. The van der Waals surface area contributed by atoms with Gasteiger partial charge in [0.05, 0.1) is 11.1 Å². The van der Waals surface area contributed by atoms with Crippen molar-refractivity contribution in [2.45, 2.75) is 45.1 Å². The van der Waals surface area contributed by atoms with Gasteiger partial charge in [0, 0.05) is 25.3 Å². The molecule has 0 atom stereocenters. The Hall–Kier alpha value is -2.28. The number of nitrogens with one attached hydrogen (secondary N) is 2. The van der Waals surface area contributed by atoms with E-state index in [4.69, 9.17) is 4.42 Å². The van der Waals surface area contributed by atoms with Gasteiger partial charge in [-0.15, -0.1) is 0 Å². The molecule has 1 heterocycles. The number of amides is 2. The molecule has 7 heteroatoms. The topological polar surface area (TPSA) is 96.5 Å². The molecule has 1 aromatic heterocycles. The number of hydrogen-bond donors (Lipinski definition) is 3. The lowest BCUT2D eigenvalue weighted by Gasteiger charge is -2.27. The second-order valence-electron chi connectivity index (χ2n) is 6.14. The summed E-state index contributed by atoms with van der Waals surface area (Å²) in [6, 6.07) is 4.60. The van der Waals surface area contributed by atoms with Gasteiger partial charge < -0.3 is 20.2 Å². The first-order valence-electron chi connectivity index (χ1n) is 8.25. The molecule has 2 amide bonds. The van der Waals surface area contributed by atoms with Crippen LogP contribution in [-0.2, 0) is 7.05 Å². The van der Waals surface area contributed by atoms with E-state index in [9.17, 15) is 14.7 Å². The summed E-state index contributed by atoms with van der Waals surface area (Å²) in [6.45, 7) is 4.20. The minimum absolute atomic E-state index is 0.198. The van der Waals surface area contributed by atoms with Crippen molar-refractivity contribution in [3.05, 3.63) is 28.7 Å². The van der Waals surface area contributed by atoms with Crippen LogP contribution < -0.4 is 16.4 Å². The van der Waals surface area contributed by atoms with E-state index in [0.717, 1.165) is 12.8 Å². The molecule has 3 N–H and O–H groups in total. The number of nitrogens with zero attached hydrogens (tertiary/aromatic N) is 1. The second kappa shape index (κ2) is 7.53. The molecular weight excluding hydrogens is 310 g/mol. The van der Waals surface area contributed by atoms with E-state index >= 15 is 0 Å². The summed E-state index contributed by atoms with van der Waals surface area (Å²) in [5.41, 5.74) is 0.709. The largest absolute Gasteiger partial charge is 0.419 e. The monoisotopic (exact) mass is 335 g/mol. The van der Waals surface area contributed by atoms with Crippen LogP contribution in [0.4, 0.5) is 10.5 Å². The number of carbonyl (C=O) groups excluding carboxylic acids is 1. The molecule has 7 nitrogen and oxygen atoms in total. The van der Waals surface area contributed by atoms with Crippen LogP contribution in [0.5, 0.6) is 0 Å². The van der Waals surface area contributed by atoms with Crippen molar-refractivity contribution >= 4 is 22.8 Å². The number of fused-ring (bicyclic) bond motifs is 1. The summed E-state index contributed by atoms with van der Waals surface area (Å²) in [7, 11) is 1.62. The molecular formula is C17H25N3O4. The van der Waals surface area contributed by atoms with Crippen LogP contribution in [0.1, 0.15) is 39.5 Å². The maximum absolute atomic E-state index is 12.0. The van der Waals surface area contributed by atoms with Gasteiger partial charge >= 0.3 is 11.8 Å². The zero-order chi connectivity index (χ0) is 17.7. The predicted octanol–water partition coefficient (Wildman–Crippen LogP) is 2.58. The van der Waals surface area contributed by atoms with Crippen molar-refractivity contribution < 1.29 is 14.3 Å². The number of aryl methyl sites for hydroxylation is 1. The van der Waals surface area contributed by atoms with Crippen LogP contribution >= 0.6 is 0 Å². The lowest BCUT2D eigenvalue weighted by atomic mass is 9.93. The molecule has 132 valence electrons. The summed E-state index contributed by atoms with van der Waals surface area (Å²) >= 11 is 0. The summed E-state index contributed by atoms with van der Waals surface area (Å²) in [5, 5.41) is 15.9. The fourth-order valence-electron chi connectivity index (χ4n) is 2.86. The van der Waals surface area contributed by atoms with Crippen LogP contribution in [-0.4, -0.2) is 27.9 Å². The smallest absolute Gasteiger partial charge is 0.408 e. The first-order chi connectivity index (χ1) is 11.4. The van der Waals surface area contributed by atoms with E-state index in [0.29, 0.717) is 29.6 Å². The van der Waals surface area contributed by atoms with E-state index in [1.807, 2.05) is 13.8 Å². The normalized spacial score (nSPS) is 11.7. The number of benzene rings is 1. The van der Waals surface area contributed by atoms with Crippen molar-refractivity contribution in [1.29, 1.82) is 0 Å². The second-order valence-corrected chi connectivity index (χ2v) is 6.14. The van der Waals surface area contributed by atoms with Gasteiger partial charge in [-0.25, -0.2) is 9.59 Å². The van der Waals surface area contributed by atoms with Gasteiger partial charge in [-0.05, 0) is 25.0 Å². The Balaban J connectivity index is 2.00. The minimum atomic E-state index is -0.878. The van der Waals surface area contributed by atoms with Gasteiger partial charge in [0.15, 0.2) is 5.58 Å². The van der Waals surface area contributed by atoms with Gasteiger partial charge in [0.25, 0.3) is 0 Å². The third-order valence-electron chi connectivity index (χ3n) is 4.06. The highest BCUT2D eigenvalue weighted by Crippen LogP contribution is 2.19. The minimum Gasteiger partial charge on any atom is -0.408 e. The number of anilines is 1. The Kier molecular flexibility index (Phi) is 5.66. The zero-order valence-corrected chi connectivity index (χ0v) is 14.4. The summed E-state index contributed by atoms with van der Waals surface area (Å²) < 4.78 is 6.49. The maximum atomic E-state index is 12.0. The van der Waals surface area contributed by atoms with Crippen molar-refractivity contribution in [2.75, 3.05) is 11.9 Å². The molecule has 0 unspecified atom stereocenters. The predicted molar refractivity (Wildman–Crippen MR) is 93.2 cm³/mol. The molecule has 2 aromatic rings. The first kappa shape index (κ1) is 18.1. The molecule has 0 saturated carbocycles. The van der Waals surface area contributed by atoms with Gasteiger partial charge in [-0.2, -0.15) is 0 Å². The lowest BCUT2D eigenvalue weighted by molar-refractivity contribution is 0.0245. The molecule has 0 saturated heterocycles. The van der Waals surface area contributed by atoms with Crippen LogP contribution in [0.2, 0.25) is 0 Å². The average molecular weight is 335 g/mol. The molecule has 0 aliphatic rings. The van der Waals surface area contributed by atoms with Crippen LogP contribution in [0.3, 0.4) is 0 Å². The van der Waals surface area contributed by atoms with E-state index in [1.54, 1.807) is 25.2 Å². The average Bonchev–Trinajstić information content (AvgIpc) is 2.80. The van der Waals surface area contributed by atoms with Crippen LogP contribution in [0.25, 0.3) is 11.1 Å². The van der Waals surface area contributed by atoms with Crippen molar-refractivity contribution in [2.24, 2.45) is 7.05 Å². The standard InChI is InChI=1S/C17H25N3O4/c1-4-8-17(23,9-5-2)11-18-15(21)19-12-6-7-13-14(10-12)24-16(22)20(13)3/h6-7,10,23H,4-5,8-9,11H2,1-3H3,(H2,18,19,21). The molecule has 24 heavy (non-hydrogen) atoms. The number of hydrogen-bond acceptors (Lipinski definition) is 4. The Bertz CT molecular complexity index is 757. The number of aliphatic hydroxyl groups is 1.